The number of carbonyl (C=O) groups excluding carboxylic acids is 1. The summed E-state index contributed by atoms with van der Waals surface area (Å²) in [6.07, 6.45) is 0.328. The molecule has 0 saturated carbocycles. The minimum absolute atomic E-state index is 0.0450. The third kappa shape index (κ3) is 3.03. The molecule has 0 fully saturated rings. The lowest BCUT2D eigenvalue weighted by molar-refractivity contribution is 0.0972. The molecule has 0 saturated heterocycles. The molecule has 1 aromatic carbocycles. The maximum atomic E-state index is 12.2. The number of benzene rings is 1. The smallest absolute Gasteiger partial charge is 0.168 e. The molecular formula is C15H17IN2O2. The van der Waals surface area contributed by atoms with E-state index in [0.29, 0.717) is 18.5 Å². The summed E-state index contributed by atoms with van der Waals surface area (Å²) in [6, 6.07) is 5.08. The molecule has 0 atom stereocenters. The number of aromatic nitrogens is 2. The number of Topliss-reactive ketones (excluding diaryl/α,β-unsaturated/α-hetero) is 1. The molecule has 0 aliphatic heterocycles. The van der Waals surface area contributed by atoms with Gasteiger partial charge in [-0.05, 0) is 55.5 Å². The molecule has 2 aromatic rings. The van der Waals surface area contributed by atoms with E-state index < -0.39 is 0 Å². The fourth-order valence-electron chi connectivity index (χ4n) is 2.11. The van der Waals surface area contributed by atoms with Gasteiger partial charge in [0.25, 0.3) is 0 Å². The van der Waals surface area contributed by atoms with Crippen molar-refractivity contribution in [1.29, 1.82) is 0 Å². The highest BCUT2D eigenvalue weighted by Crippen LogP contribution is 2.21. The lowest BCUT2D eigenvalue weighted by Gasteiger charge is -2.06. The van der Waals surface area contributed by atoms with Crippen molar-refractivity contribution in [1.82, 2.24) is 9.78 Å². The van der Waals surface area contributed by atoms with Gasteiger partial charge in [0.05, 0.1) is 14.8 Å². The average molecular weight is 384 g/mol. The Morgan fingerprint density at radius 1 is 1.35 bits per heavy atom. The zero-order valence-electron chi connectivity index (χ0n) is 11.8. The first kappa shape index (κ1) is 15.0. The van der Waals surface area contributed by atoms with Crippen molar-refractivity contribution in [2.24, 2.45) is 0 Å². The summed E-state index contributed by atoms with van der Waals surface area (Å²) in [6.45, 7) is 6.39. The van der Waals surface area contributed by atoms with Crippen LogP contribution in [0.25, 0.3) is 0 Å². The van der Waals surface area contributed by atoms with Crippen LogP contribution in [0.15, 0.2) is 18.2 Å². The van der Waals surface area contributed by atoms with E-state index in [-0.39, 0.29) is 11.5 Å². The summed E-state index contributed by atoms with van der Waals surface area (Å²) >= 11 is 2.26. The van der Waals surface area contributed by atoms with Gasteiger partial charge in [-0.2, -0.15) is 5.10 Å². The van der Waals surface area contributed by atoms with E-state index >= 15 is 0 Å². The predicted molar refractivity (Wildman–Crippen MR) is 86.2 cm³/mol. The Kier molecular flexibility index (Phi) is 4.47. The van der Waals surface area contributed by atoms with Crippen LogP contribution in [0.1, 0.15) is 33.7 Å². The number of aromatic hydroxyl groups is 1. The van der Waals surface area contributed by atoms with E-state index in [1.54, 1.807) is 18.2 Å². The molecule has 0 unspecified atom stereocenters. The SMILES string of the molecule is Cc1ccc(O)c(C(=O)CCn2nc(C)c(I)c2C)c1. The number of aryl methyl sites for hydroxylation is 3. The number of hydrogen-bond donors (Lipinski definition) is 1. The highest BCUT2D eigenvalue weighted by molar-refractivity contribution is 14.1. The molecule has 2 rings (SSSR count). The first-order valence-electron chi connectivity index (χ1n) is 6.42. The number of phenolic OH excluding ortho intramolecular Hbond substituents is 1. The molecule has 0 aliphatic carbocycles. The fraction of sp³-hybridized carbons (Fsp3) is 0.333. The van der Waals surface area contributed by atoms with Crippen LogP contribution in [0.2, 0.25) is 0 Å². The Morgan fingerprint density at radius 3 is 2.65 bits per heavy atom. The van der Waals surface area contributed by atoms with Gasteiger partial charge in [0.15, 0.2) is 5.78 Å². The second kappa shape index (κ2) is 5.95. The summed E-state index contributed by atoms with van der Waals surface area (Å²) in [7, 11) is 0. The lowest BCUT2D eigenvalue weighted by Crippen LogP contribution is -2.09. The van der Waals surface area contributed by atoms with Gasteiger partial charge in [0, 0.05) is 18.7 Å². The van der Waals surface area contributed by atoms with E-state index in [0.717, 1.165) is 20.5 Å². The number of halogens is 1. The zero-order valence-corrected chi connectivity index (χ0v) is 13.9. The van der Waals surface area contributed by atoms with E-state index in [1.807, 2.05) is 25.5 Å². The molecule has 1 N–H and O–H groups in total. The highest BCUT2D eigenvalue weighted by Gasteiger charge is 2.14. The Hall–Kier alpha value is -1.37. The fourth-order valence-corrected chi connectivity index (χ4v) is 2.49. The zero-order chi connectivity index (χ0) is 14.9. The molecule has 5 heteroatoms. The number of carbonyl (C=O) groups is 1. The Labute approximate surface area is 132 Å². The maximum absolute atomic E-state index is 12.2. The van der Waals surface area contributed by atoms with E-state index in [4.69, 9.17) is 0 Å². The third-order valence-corrected chi connectivity index (χ3v) is 4.86. The van der Waals surface area contributed by atoms with Crippen LogP contribution >= 0.6 is 22.6 Å². The molecule has 0 aliphatic rings. The van der Waals surface area contributed by atoms with Gasteiger partial charge < -0.3 is 5.11 Å². The van der Waals surface area contributed by atoms with Crippen LogP contribution < -0.4 is 0 Å². The Bertz CT molecular complexity index is 662. The van der Waals surface area contributed by atoms with Gasteiger partial charge in [-0.15, -0.1) is 0 Å². The minimum Gasteiger partial charge on any atom is -0.507 e. The van der Waals surface area contributed by atoms with Gasteiger partial charge in [-0.1, -0.05) is 11.6 Å². The Balaban J connectivity index is 2.12. The van der Waals surface area contributed by atoms with Gasteiger partial charge in [-0.3, -0.25) is 9.48 Å². The molecule has 0 amide bonds. The second-order valence-corrected chi connectivity index (χ2v) is 5.98. The van der Waals surface area contributed by atoms with Crippen LogP contribution in [0.4, 0.5) is 0 Å². The van der Waals surface area contributed by atoms with E-state index in [2.05, 4.69) is 27.7 Å². The predicted octanol–water partition coefficient (Wildman–Crippen LogP) is 3.39. The molecule has 0 bridgehead atoms. The van der Waals surface area contributed by atoms with Crippen LogP contribution in [0.3, 0.4) is 0 Å². The lowest BCUT2D eigenvalue weighted by atomic mass is 10.0. The van der Waals surface area contributed by atoms with Crippen LogP contribution in [0, 0.1) is 24.3 Å². The first-order chi connectivity index (χ1) is 9.40. The quantitative estimate of drug-likeness (QED) is 0.650. The molecular weight excluding hydrogens is 367 g/mol. The van der Waals surface area contributed by atoms with Crippen molar-refractivity contribution in [2.45, 2.75) is 33.7 Å². The first-order valence-corrected chi connectivity index (χ1v) is 7.50. The van der Waals surface area contributed by atoms with Crippen LogP contribution in [-0.2, 0) is 6.54 Å². The highest BCUT2D eigenvalue weighted by atomic mass is 127. The summed E-state index contributed by atoms with van der Waals surface area (Å²) in [5.41, 5.74) is 3.41. The van der Waals surface area contributed by atoms with Gasteiger partial charge in [0.2, 0.25) is 0 Å². The van der Waals surface area contributed by atoms with E-state index in [1.165, 1.54) is 0 Å². The molecule has 20 heavy (non-hydrogen) atoms. The largest absolute Gasteiger partial charge is 0.507 e. The van der Waals surface area contributed by atoms with Crippen LogP contribution in [0.5, 0.6) is 5.75 Å². The number of rotatable bonds is 4. The number of hydrogen-bond acceptors (Lipinski definition) is 3. The molecule has 4 nitrogen and oxygen atoms in total. The Morgan fingerprint density at radius 2 is 2.05 bits per heavy atom. The molecule has 0 spiro atoms. The topological polar surface area (TPSA) is 55.1 Å². The maximum Gasteiger partial charge on any atom is 0.168 e. The van der Waals surface area contributed by atoms with Gasteiger partial charge in [-0.25, -0.2) is 0 Å². The van der Waals surface area contributed by atoms with Crippen molar-refractivity contribution in [2.75, 3.05) is 0 Å². The normalized spacial score (nSPS) is 10.8. The van der Waals surface area contributed by atoms with Crippen molar-refractivity contribution in [3.8, 4) is 5.75 Å². The van der Waals surface area contributed by atoms with Crippen molar-refractivity contribution in [3.63, 3.8) is 0 Å². The molecule has 1 aromatic heterocycles. The number of phenols is 1. The van der Waals surface area contributed by atoms with E-state index in [9.17, 15) is 9.90 Å². The number of ketones is 1. The second-order valence-electron chi connectivity index (χ2n) is 4.90. The third-order valence-electron chi connectivity index (χ3n) is 3.30. The summed E-state index contributed by atoms with van der Waals surface area (Å²) in [4.78, 5) is 12.2. The monoisotopic (exact) mass is 384 g/mol. The summed E-state index contributed by atoms with van der Waals surface area (Å²) < 4.78 is 2.98. The molecule has 1 heterocycles. The molecule has 0 radical (unpaired) electrons. The minimum atomic E-state index is -0.0613. The van der Waals surface area contributed by atoms with Crippen molar-refractivity contribution in [3.05, 3.63) is 44.3 Å². The average Bonchev–Trinajstić information content (AvgIpc) is 2.66. The van der Waals surface area contributed by atoms with Gasteiger partial charge >= 0.3 is 0 Å². The van der Waals surface area contributed by atoms with Crippen molar-refractivity contribution < 1.29 is 9.90 Å². The van der Waals surface area contributed by atoms with Gasteiger partial charge in [0.1, 0.15) is 5.75 Å². The summed E-state index contributed by atoms with van der Waals surface area (Å²) in [5.74, 6) is -0.0164. The molecule has 106 valence electrons. The summed E-state index contributed by atoms with van der Waals surface area (Å²) in [5, 5.41) is 14.2. The van der Waals surface area contributed by atoms with Crippen LogP contribution in [-0.4, -0.2) is 20.7 Å². The number of nitrogens with zero attached hydrogens (tertiary/aromatic N) is 2. The van der Waals surface area contributed by atoms with Crippen molar-refractivity contribution >= 4 is 28.4 Å². The standard InChI is InChI=1S/C15H17IN2O2/c1-9-4-5-13(19)12(8-9)14(20)6-7-18-11(3)15(16)10(2)17-18/h4-5,8,19H,6-7H2,1-3H3.